The number of halogens is 3. The summed E-state index contributed by atoms with van der Waals surface area (Å²) in [6, 6.07) is 0. The van der Waals surface area contributed by atoms with Crippen LogP contribution in [0.3, 0.4) is 0 Å². The molecule has 0 saturated carbocycles. The number of Topliss-reactive ketones (excluding diaryl/α,β-unsaturated/α-hetero) is 1. The Morgan fingerprint density at radius 1 is 1.46 bits per heavy atom. The van der Waals surface area contributed by atoms with Gasteiger partial charge in [-0.3, -0.25) is 9.74 Å². The van der Waals surface area contributed by atoms with Crippen LogP contribution < -0.4 is 0 Å². The van der Waals surface area contributed by atoms with Crippen molar-refractivity contribution in [2.45, 2.75) is 26.7 Å². The van der Waals surface area contributed by atoms with E-state index in [9.17, 15) is 22.9 Å². The molecule has 0 spiro atoms. The highest BCUT2D eigenvalue weighted by Gasteiger charge is 2.45. The van der Waals surface area contributed by atoms with E-state index in [4.69, 9.17) is 0 Å². The van der Waals surface area contributed by atoms with E-state index in [1.165, 1.54) is 6.92 Å². The highest BCUT2D eigenvalue weighted by molar-refractivity contribution is 6.04. The molecular formula is C7H9F3O3. The second-order valence-electron chi connectivity index (χ2n) is 2.72. The number of hydrogen-bond acceptors (Lipinski definition) is 3. The third kappa shape index (κ3) is 2.19. The first-order chi connectivity index (χ1) is 5.90. The molecule has 0 fully saturated rings. The highest BCUT2D eigenvalue weighted by atomic mass is 19.3. The average molecular weight is 198 g/mol. The van der Waals surface area contributed by atoms with Gasteiger partial charge in [0, 0.05) is 4.53 Å². The molecule has 1 unspecified atom stereocenters. The van der Waals surface area contributed by atoms with Crippen LogP contribution in [0.5, 0.6) is 0 Å². The summed E-state index contributed by atoms with van der Waals surface area (Å²) in [6.45, 7) is 2.24. The predicted octanol–water partition coefficient (Wildman–Crippen LogP) is 1.66. The Morgan fingerprint density at radius 2 is 1.92 bits per heavy atom. The van der Waals surface area contributed by atoms with Crippen molar-refractivity contribution in [3.63, 3.8) is 0 Å². The van der Waals surface area contributed by atoms with Crippen LogP contribution in [0.4, 0.5) is 13.3 Å². The van der Waals surface area contributed by atoms with Crippen molar-refractivity contribution in [1.29, 1.82) is 0 Å². The van der Waals surface area contributed by atoms with Crippen molar-refractivity contribution >= 4 is 11.8 Å². The van der Waals surface area contributed by atoms with E-state index < -0.39 is 23.6 Å². The lowest BCUT2D eigenvalue weighted by Gasteiger charge is -2.20. The lowest BCUT2D eigenvalue weighted by Crippen LogP contribution is -2.40. The van der Waals surface area contributed by atoms with Crippen LogP contribution in [0.25, 0.3) is 0 Å². The first-order valence-corrected chi connectivity index (χ1v) is 3.55. The highest BCUT2D eigenvalue weighted by Crippen LogP contribution is 2.27. The number of carbonyl (C=O) groups is 2. The smallest absolute Gasteiger partial charge is 0.292 e. The van der Waals surface area contributed by atoms with Gasteiger partial charge in [-0.1, -0.05) is 6.92 Å². The molecule has 0 saturated heterocycles. The minimum Gasteiger partial charge on any atom is -0.292 e. The molecule has 0 aromatic carbocycles. The molecule has 0 amide bonds. The van der Waals surface area contributed by atoms with E-state index in [1.807, 2.05) is 0 Å². The molecule has 0 aliphatic rings. The Hall–Kier alpha value is -1.07. The van der Waals surface area contributed by atoms with Crippen LogP contribution in [-0.4, -0.2) is 18.2 Å². The number of carbonyl (C=O) groups excluding carboxylic acids is 2. The van der Waals surface area contributed by atoms with E-state index in [1.54, 1.807) is 0 Å². The van der Waals surface area contributed by atoms with Crippen LogP contribution in [0.15, 0.2) is 0 Å². The summed E-state index contributed by atoms with van der Waals surface area (Å²) >= 11 is 0. The van der Waals surface area contributed by atoms with Crippen LogP contribution in [0, 0.1) is 5.41 Å². The van der Waals surface area contributed by atoms with Crippen molar-refractivity contribution in [1.82, 2.24) is 0 Å². The number of alkyl halides is 2. The lowest BCUT2D eigenvalue weighted by molar-refractivity contribution is -0.198. The Labute approximate surface area is 72.8 Å². The average Bonchev–Trinajstić information content (AvgIpc) is 2.13. The maximum atomic E-state index is 11.9. The van der Waals surface area contributed by atoms with Gasteiger partial charge in [-0.25, -0.2) is 13.6 Å². The molecule has 1 atom stereocenters. The molecule has 0 radical (unpaired) electrons. The van der Waals surface area contributed by atoms with Gasteiger partial charge in [0.25, 0.3) is 6.43 Å². The van der Waals surface area contributed by atoms with Gasteiger partial charge >= 0.3 is 5.97 Å². The molecule has 0 rings (SSSR count). The fourth-order valence-corrected chi connectivity index (χ4v) is 0.745. The summed E-state index contributed by atoms with van der Waals surface area (Å²) in [5.41, 5.74) is -2.09. The maximum absolute atomic E-state index is 11.9. The van der Waals surface area contributed by atoms with E-state index >= 15 is 0 Å². The lowest BCUT2D eigenvalue weighted by atomic mass is 9.83. The van der Waals surface area contributed by atoms with Gasteiger partial charge in [-0.05, 0) is 13.3 Å². The zero-order chi connectivity index (χ0) is 10.6. The van der Waals surface area contributed by atoms with E-state index in [2.05, 4.69) is 4.94 Å². The van der Waals surface area contributed by atoms with Crippen molar-refractivity contribution in [2.24, 2.45) is 5.41 Å². The summed E-state index contributed by atoms with van der Waals surface area (Å²) in [4.78, 5) is 24.2. The van der Waals surface area contributed by atoms with Crippen molar-refractivity contribution in [3.8, 4) is 0 Å². The van der Waals surface area contributed by atoms with E-state index in [-0.39, 0.29) is 6.42 Å². The first kappa shape index (κ1) is 11.9. The Bertz CT molecular complexity index is 217. The normalized spacial score (nSPS) is 15.2. The number of ketones is 1. The van der Waals surface area contributed by atoms with Gasteiger partial charge < -0.3 is 0 Å². The summed E-state index contributed by atoms with van der Waals surface area (Å²) < 4.78 is 35.3. The first-order valence-electron chi connectivity index (χ1n) is 3.55. The van der Waals surface area contributed by atoms with E-state index in [0.717, 1.165) is 6.92 Å². The van der Waals surface area contributed by atoms with Gasteiger partial charge in [-0.2, -0.15) is 0 Å². The largest absolute Gasteiger partial charge is 0.362 e. The number of rotatable bonds is 4. The molecule has 0 aliphatic carbocycles. The van der Waals surface area contributed by atoms with Gasteiger partial charge in [0.05, 0.1) is 0 Å². The van der Waals surface area contributed by atoms with Gasteiger partial charge in [-0.15, -0.1) is 0 Å². The molecule has 0 bridgehead atoms. The van der Waals surface area contributed by atoms with Gasteiger partial charge in [0.15, 0.2) is 0 Å². The summed E-state index contributed by atoms with van der Waals surface area (Å²) in [6.07, 6.45) is -3.54. The standard InChI is InChI=1S/C7H9F3O3/c1-3-7(2,6(12)13-10)4(11)5(8)9/h5H,3H2,1-2H3. The fraction of sp³-hybridized carbons (Fsp3) is 0.714. The maximum Gasteiger partial charge on any atom is 0.362 e. The second kappa shape index (κ2) is 4.25. The monoisotopic (exact) mass is 198 g/mol. The minimum absolute atomic E-state index is 0.237. The zero-order valence-corrected chi connectivity index (χ0v) is 7.14. The van der Waals surface area contributed by atoms with Crippen LogP contribution in [0.1, 0.15) is 20.3 Å². The summed E-state index contributed by atoms with van der Waals surface area (Å²) in [7, 11) is 0. The zero-order valence-electron chi connectivity index (χ0n) is 7.14. The third-order valence-corrected chi connectivity index (χ3v) is 1.97. The van der Waals surface area contributed by atoms with E-state index in [0.29, 0.717) is 0 Å². The predicted molar refractivity (Wildman–Crippen MR) is 36.6 cm³/mol. The van der Waals surface area contributed by atoms with Crippen LogP contribution in [-0.2, 0) is 14.5 Å². The Balaban J connectivity index is 4.83. The third-order valence-electron chi connectivity index (χ3n) is 1.97. The van der Waals surface area contributed by atoms with Crippen LogP contribution in [0.2, 0.25) is 0 Å². The van der Waals surface area contributed by atoms with Crippen molar-refractivity contribution in [2.75, 3.05) is 0 Å². The summed E-state index contributed by atoms with van der Waals surface area (Å²) in [5.74, 6) is -3.21. The molecule has 0 heterocycles. The Kier molecular flexibility index (Phi) is 3.90. The van der Waals surface area contributed by atoms with Crippen molar-refractivity contribution in [3.05, 3.63) is 0 Å². The van der Waals surface area contributed by atoms with Gasteiger partial charge in [0.1, 0.15) is 5.41 Å². The molecule has 0 aliphatic heterocycles. The van der Waals surface area contributed by atoms with Gasteiger partial charge in [0.2, 0.25) is 5.78 Å². The molecule has 0 aromatic rings. The van der Waals surface area contributed by atoms with Crippen molar-refractivity contribution < 1.29 is 27.8 Å². The van der Waals surface area contributed by atoms with Crippen LogP contribution >= 0.6 is 0 Å². The molecule has 0 aromatic heterocycles. The Morgan fingerprint density at radius 3 is 2.15 bits per heavy atom. The molecular weight excluding hydrogens is 189 g/mol. The molecule has 76 valence electrons. The number of hydrogen-bond donors (Lipinski definition) is 0. The second-order valence-corrected chi connectivity index (χ2v) is 2.72. The quantitative estimate of drug-likeness (QED) is 0.645. The SMILES string of the molecule is CCC(C)(C(=O)OF)C(=O)C(F)F. The molecule has 0 N–H and O–H groups in total. The fourth-order valence-electron chi connectivity index (χ4n) is 0.745. The summed E-state index contributed by atoms with van der Waals surface area (Å²) in [5, 5.41) is 0. The molecule has 13 heavy (non-hydrogen) atoms. The topological polar surface area (TPSA) is 43.4 Å². The minimum atomic E-state index is -3.30. The molecule has 3 nitrogen and oxygen atoms in total. The molecule has 6 heteroatoms.